The molecule has 0 spiro atoms. The highest BCUT2D eigenvalue weighted by molar-refractivity contribution is 7.98. The van der Waals surface area contributed by atoms with Crippen molar-refractivity contribution in [3.63, 3.8) is 0 Å². The molecule has 2 aromatic heterocycles. The van der Waals surface area contributed by atoms with Crippen molar-refractivity contribution in [2.45, 2.75) is 17.5 Å². The van der Waals surface area contributed by atoms with Crippen molar-refractivity contribution >= 4 is 22.7 Å². The van der Waals surface area contributed by atoms with Gasteiger partial charge in [0, 0.05) is 6.07 Å². The highest BCUT2D eigenvalue weighted by Gasteiger charge is 2.13. The fraction of sp³-hybridized carbons (Fsp3) is 0.0952. The summed E-state index contributed by atoms with van der Waals surface area (Å²) < 4.78 is 20.0. The molecule has 2 aromatic carbocycles. The van der Waals surface area contributed by atoms with E-state index in [1.807, 2.05) is 0 Å². The Morgan fingerprint density at radius 1 is 1.10 bits per heavy atom. The third-order valence-electron chi connectivity index (χ3n) is 4.29. The van der Waals surface area contributed by atoms with Gasteiger partial charge in [0.05, 0.1) is 23.2 Å². The van der Waals surface area contributed by atoms with Crippen LogP contribution in [0.25, 0.3) is 10.9 Å². The number of rotatable bonds is 5. The third kappa shape index (κ3) is 4.07. The Morgan fingerprint density at radius 3 is 2.62 bits per heavy atom. The minimum atomic E-state index is -0.540. The highest BCUT2D eigenvalue weighted by Crippen LogP contribution is 2.23. The van der Waals surface area contributed by atoms with Gasteiger partial charge in [0.1, 0.15) is 17.8 Å². The van der Waals surface area contributed by atoms with Gasteiger partial charge < -0.3 is 9.52 Å². The van der Waals surface area contributed by atoms with Crippen LogP contribution in [0.1, 0.15) is 11.3 Å². The molecule has 8 heteroatoms. The maximum atomic E-state index is 13.2. The topological polar surface area (TPSA) is 85.3 Å². The number of thioether (sulfide) groups is 1. The molecular formula is C21H15FN2O4S. The lowest BCUT2D eigenvalue weighted by Crippen LogP contribution is -2.24. The Bertz CT molecular complexity index is 1300. The molecule has 4 rings (SSSR count). The monoisotopic (exact) mass is 410 g/mol. The molecule has 0 unspecified atom stereocenters. The van der Waals surface area contributed by atoms with Crippen LogP contribution in [0.2, 0.25) is 0 Å². The minimum Gasteiger partial charge on any atom is -0.502 e. The number of hydrogen-bond acceptors (Lipinski definition) is 6. The van der Waals surface area contributed by atoms with E-state index in [1.165, 1.54) is 34.5 Å². The molecule has 0 amide bonds. The molecule has 29 heavy (non-hydrogen) atoms. The first-order chi connectivity index (χ1) is 14.0. The van der Waals surface area contributed by atoms with Crippen molar-refractivity contribution in [1.82, 2.24) is 9.55 Å². The van der Waals surface area contributed by atoms with Gasteiger partial charge in [0.25, 0.3) is 5.56 Å². The van der Waals surface area contributed by atoms with Crippen molar-refractivity contribution in [3.05, 3.63) is 98.6 Å². The zero-order valence-electron chi connectivity index (χ0n) is 15.0. The standard InChI is InChI=1S/C21H15FN2O4S/c22-14-7-5-13(6-8-14)10-24-20(27)16-3-1-2-4-17(16)23-21(24)29-12-15-9-18(25)19(26)11-28-15/h1-9,11,26H,10,12H2. The average molecular weight is 410 g/mol. The normalized spacial score (nSPS) is 11.1. The fourth-order valence-electron chi connectivity index (χ4n) is 2.82. The van der Waals surface area contributed by atoms with Crippen LogP contribution in [-0.2, 0) is 12.3 Å². The number of nitrogens with zero attached hydrogens (tertiary/aromatic N) is 2. The molecule has 0 fully saturated rings. The van der Waals surface area contributed by atoms with Crippen LogP contribution < -0.4 is 11.0 Å². The number of fused-ring (bicyclic) bond motifs is 1. The maximum absolute atomic E-state index is 13.2. The van der Waals surface area contributed by atoms with Crippen LogP contribution in [-0.4, -0.2) is 14.7 Å². The van der Waals surface area contributed by atoms with Crippen molar-refractivity contribution in [2.24, 2.45) is 0 Å². The number of aromatic hydroxyl groups is 1. The van der Waals surface area contributed by atoms with E-state index >= 15 is 0 Å². The van der Waals surface area contributed by atoms with Crippen LogP contribution >= 0.6 is 11.8 Å². The van der Waals surface area contributed by atoms with Crippen molar-refractivity contribution in [3.8, 4) is 5.75 Å². The number of halogens is 1. The van der Waals surface area contributed by atoms with Crippen LogP contribution in [0.15, 0.2) is 80.0 Å². The number of hydrogen-bond donors (Lipinski definition) is 1. The van der Waals surface area contributed by atoms with Crippen molar-refractivity contribution < 1.29 is 13.9 Å². The Hall–Kier alpha value is -3.39. The smallest absolute Gasteiger partial charge is 0.262 e. The van der Waals surface area contributed by atoms with Crippen LogP contribution in [0.3, 0.4) is 0 Å². The van der Waals surface area contributed by atoms with Gasteiger partial charge in [-0.25, -0.2) is 9.37 Å². The maximum Gasteiger partial charge on any atom is 0.262 e. The molecule has 0 radical (unpaired) electrons. The van der Waals surface area contributed by atoms with E-state index in [1.54, 1.807) is 36.4 Å². The SMILES string of the molecule is O=c1cc(CSc2nc3ccccc3c(=O)n2Cc2ccc(F)cc2)occ1O. The summed E-state index contributed by atoms with van der Waals surface area (Å²) in [6.07, 6.45) is 0.984. The quantitative estimate of drug-likeness (QED) is 0.400. The second-order valence-corrected chi connectivity index (χ2v) is 7.26. The lowest BCUT2D eigenvalue weighted by molar-refractivity contribution is 0.419. The van der Waals surface area contributed by atoms with E-state index < -0.39 is 11.2 Å². The molecule has 0 aliphatic carbocycles. The molecule has 146 valence electrons. The van der Waals surface area contributed by atoms with E-state index in [0.29, 0.717) is 21.8 Å². The molecule has 0 saturated carbocycles. The minimum absolute atomic E-state index is 0.213. The summed E-state index contributed by atoms with van der Waals surface area (Å²) in [6, 6.07) is 14.1. The second kappa shape index (κ2) is 7.92. The highest BCUT2D eigenvalue weighted by atomic mass is 32.2. The third-order valence-corrected chi connectivity index (χ3v) is 5.29. The Balaban J connectivity index is 1.73. The molecule has 0 bridgehead atoms. The molecule has 6 nitrogen and oxygen atoms in total. The predicted octanol–water partition coefficient (Wildman–Crippen LogP) is 3.54. The van der Waals surface area contributed by atoms with E-state index in [2.05, 4.69) is 4.98 Å². The molecule has 0 aliphatic rings. The van der Waals surface area contributed by atoms with Gasteiger partial charge in [-0.05, 0) is 29.8 Å². The molecule has 0 aliphatic heterocycles. The Kier molecular flexibility index (Phi) is 5.18. The van der Waals surface area contributed by atoms with Crippen molar-refractivity contribution in [2.75, 3.05) is 0 Å². The summed E-state index contributed by atoms with van der Waals surface area (Å²) in [5.41, 5.74) is 0.558. The Labute approximate surface area is 168 Å². The molecule has 0 saturated heterocycles. The number of para-hydroxylation sites is 1. The molecule has 4 aromatic rings. The first kappa shape index (κ1) is 18.9. The summed E-state index contributed by atoms with van der Waals surface area (Å²) >= 11 is 1.23. The van der Waals surface area contributed by atoms with Gasteiger partial charge in [-0.15, -0.1) is 0 Å². The van der Waals surface area contributed by atoms with Crippen LogP contribution in [0, 0.1) is 5.82 Å². The van der Waals surface area contributed by atoms with Gasteiger partial charge in [0.15, 0.2) is 10.9 Å². The van der Waals surface area contributed by atoms with Crippen molar-refractivity contribution in [1.29, 1.82) is 0 Å². The first-order valence-corrected chi connectivity index (χ1v) is 9.67. The summed E-state index contributed by atoms with van der Waals surface area (Å²) in [6.45, 7) is 0.221. The van der Waals surface area contributed by atoms with Crippen LogP contribution in [0.4, 0.5) is 4.39 Å². The lowest BCUT2D eigenvalue weighted by Gasteiger charge is -2.13. The summed E-state index contributed by atoms with van der Waals surface area (Å²) in [7, 11) is 0. The van der Waals surface area contributed by atoms with Gasteiger partial charge in [-0.1, -0.05) is 36.0 Å². The zero-order valence-corrected chi connectivity index (χ0v) is 15.9. The average Bonchev–Trinajstić information content (AvgIpc) is 2.73. The van der Waals surface area contributed by atoms with Gasteiger partial charge in [-0.3, -0.25) is 14.2 Å². The number of aromatic nitrogens is 2. The van der Waals surface area contributed by atoms with Gasteiger partial charge in [0.2, 0.25) is 5.43 Å². The van der Waals surface area contributed by atoms with Gasteiger partial charge in [-0.2, -0.15) is 0 Å². The summed E-state index contributed by atoms with van der Waals surface area (Å²) in [5, 5.41) is 10.2. The molecule has 0 atom stereocenters. The molecule has 2 heterocycles. The Morgan fingerprint density at radius 2 is 1.86 bits per heavy atom. The van der Waals surface area contributed by atoms with E-state index in [9.17, 15) is 19.1 Å². The summed E-state index contributed by atoms with van der Waals surface area (Å²) in [5.74, 6) is -0.233. The predicted molar refractivity (Wildman–Crippen MR) is 108 cm³/mol. The van der Waals surface area contributed by atoms with Gasteiger partial charge >= 0.3 is 0 Å². The van der Waals surface area contributed by atoms with E-state index in [-0.39, 0.29) is 23.7 Å². The summed E-state index contributed by atoms with van der Waals surface area (Å²) in [4.78, 5) is 29.2. The number of benzene rings is 2. The lowest BCUT2D eigenvalue weighted by atomic mass is 10.2. The molecular weight excluding hydrogens is 395 g/mol. The second-order valence-electron chi connectivity index (χ2n) is 6.31. The fourth-order valence-corrected chi connectivity index (χ4v) is 3.71. The molecule has 1 N–H and O–H groups in total. The van der Waals surface area contributed by atoms with E-state index in [4.69, 9.17) is 4.42 Å². The zero-order chi connectivity index (χ0) is 20.4. The largest absolute Gasteiger partial charge is 0.502 e. The van der Waals surface area contributed by atoms with Crippen LogP contribution in [0.5, 0.6) is 5.75 Å². The van der Waals surface area contributed by atoms with E-state index in [0.717, 1.165) is 11.8 Å². The first-order valence-electron chi connectivity index (χ1n) is 8.69.